The maximum Gasteiger partial charge on any atom is 0.165 e. The van der Waals surface area contributed by atoms with Crippen molar-refractivity contribution < 1.29 is 13.9 Å². The molecule has 100 valence electrons. The third-order valence-corrected chi connectivity index (χ3v) is 2.99. The molecule has 4 heteroatoms. The molecule has 0 saturated heterocycles. The van der Waals surface area contributed by atoms with Gasteiger partial charge >= 0.3 is 0 Å². The molecule has 0 heterocycles. The van der Waals surface area contributed by atoms with Crippen molar-refractivity contribution in [1.29, 1.82) is 0 Å². The molecular weight excluding hydrogens is 233 g/mol. The van der Waals surface area contributed by atoms with Gasteiger partial charge in [0.05, 0.1) is 7.11 Å². The SMILES string of the molecule is COc1ccc(C(=O)CC(N)C(C)(C)C)cc1F. The minimum Gasteiger partial charge on any atom is -0.494 e. The lowest BCUT2D eigenvalue weighted by Gasteiger charge is -2.26. The lowest BCUT2D eigenvalue weighted by atomic mass is 9.83. The summed E-state index contributed by atoms with van der Waals surface area (Å²) in [6.45, 7) is 5.92. The van der Waals surface area contributed by atoms with Crippen LogP contribution < -0.4 is 10.5 Å². The van der Waals surface area contributed by atoms with Gasteiger partial charge in [0.2, 0.25) is 0 Å². The van der Waals surface area contributed by atoms with Crippen molar-refractivity contribution in [3.8, 4) is 5.75 Å². The van der Waals surface area contributed by atoms with Gasteiger partial charge < -0.3 is 10.5 Å². The molecule has 0 aromatic heterocycles. The average Bonchev–Trinajstić information content (AvgIpc) is 2.27. The molecule has 1 unspecified atom stereocenters. The Morgan fingerprint density at radius 3 is 2.50 bits per heavy atom. The molecule has 3 nitrogen and oxygen atoms in total. The zero-order valence-electron chi connectivity index (χ0n) is 11.3. The van der Waals surface area contributed by atoms with E-state index in [1.807, 2.05) is 20.8 Å². The van der Waals surface area contributed by atoms with E-state index in [1.54, 1.807) is 6.07 Å². The minimum atomic E-state index is -0.535. The van der Waals surface area contributed by atoms with E-state index in [0.717, 1.165) is 0 Å². The largest absolute Gasteiger partial charge is 0.494 e. The van der Waals surface area contributed by atoms with Gasteiger partial charge in [0.25, 0.3) is 0 Å². The lowest BCUT2D eigenvalue weighted by Crippen LogP contribution is -2.36. The van der Waals surface area contributed by atoms with E-state index in [0.29, 0.717) is 5.56 Å². The zero-order valence-corrected chi connectivity index (χ0v) is 11.3. The van der Waals surface area contributed by atoms with Crippen molar-refractivity contribution in [1.82, 2.24) is 0 Å². The Kier molecular flexibility index (Phi) is 4.46. The average molecular weight is 253 g/mol. The zero-order chi connectivity index (χ0) is 13.9. The van der Waals surface area contributed by atoms with E-state index in [1.165, 1.54) is 19.2 Å². The van der Waals surface area contributed by atoms with Gasteiger partial charge in [-0.25, -0.2) is 4.39 Å². The second-order valence-electron chi connectivity index (χ2n) is 5.45. The fourth-order valence-electron chi connectivity index (χ4n) is 1.46. The molecule has 18 heavy (non-hydrogen) atoms. The number of hydrogen-bond acceptors (Lipinski definition) is 3. The molecule has 1 rings (SSSR count). The maximum atomic E-state index is 13.5. The molecule has 2 N–H and O–H groups in total. The standard InChI is InChI=1S/C14H20FNO2/c1-14(2,3)13(16)8-11(17)9-5-6-12(18-4)10(15)7-9/h5-7,13H,8,16H2,1-4H3. The van der Waals surface area contributed by atoms with Gasteiger partial charge in [-0.05, 0) is 23.6 Å². The van der Waals surface area contributed by atoms with Gasteiger partial charge in [0.15, 0.2) is 17.3 Å². The molecule has 0 saturated carbocycles. The molecule has 0 bridgehead atoms. The van der Waals surface area contributed by atoms with E-state index in [9.17, 15) is 9.18 Å². The summed E-state index contributed by atoms with van der Waals surface area (Å²) in [5.41, 5.74) is 6.12. The highest BCUT2D eigenvalue weighted by Gasteiger charge is 2.24. The van der Waals surface area contributed by atoms with Crippen LogP contribution in [0.1, 0.15) is 37.6 Å². The Bertz CT molecular complexity index is 438. The fraction of sp³-hybridized carbons (Fsp3) is 0.500. The third kappa shape index (κ3) is 3.53. The fourth-order valence-corrected chi connectivity index (χ4v) is 1.46. The van der Waals surface area contributed by atoms with E-state index >= 15 is 0 Å². The first-order valence-corrected chi connectivity index (χ1v) is 5.88. The number of Topliss-reactive ketones (excluding diaryl/α,β-unsaturated/α-hetero) is 1. The molecule has 1 aromatic carbocycles. The van der Waals surface area contributed by atoms with Crippen molar-refractivity contribution in [2.75, 3.05) is 7.11 Å². The van der Waals surface area contributed by atoms with Crippen LogP contribution in [0.5, 0.6) is 5.75 Å². The molecule has 0 radical (unpaired) electrons. The Labute approximate surface area is 107 Å². The van der Waals surface area contributed by atoms with Gasteiger partial charge in [0.1, 0.15) is 0 Å². The number of ketones is 1. The summed E-state index contributed by atoms with van der Waals surface area (Å²) in [5, 5.41) is 0. The Morgan fingerprint density at radius 1 is 1.44 bits per heavy atom. The van der Waals surface area contributed by atoms with Crippen molar-refractivity contribution >= 4 is 5.78 Å². The molecule has 0 spiro atoms. The first-order chi connectivity index (χ1) is 8.25. The highest BCUT2D eigenvalue weighted by atomic mass is 19.1. The number of carbonyl (C=O) groups is 1. The summed E-state index contributed by atoms with van der Waals surface area (Å²) in [4.78, 5) is 12.0. The van der Waals surface area contributed by atoms with Gasteiger partial charge in [-0.2, -0.15) is 0 Å². The van der Waals surface area contributed by atoms with Crippen LogP contribution in [0.3, 0.4) is 0 Å². The minimum absolute atomic E-state index is 0.131. The van der Waals surface area contributed by atoms with Crippen LogP contribution in [0.4, 0.5) is 4.39 Å². The Balaban J connectivity index is 2.82. The number of rotatable bonds is 4. The maximum absolute atomic E-state index is 13.5. The predicted octanol–water partition coefficient (Wildman–Crippen LogP) is 2.78. The third-order valence-electron chi connectivity index (χ3n) is 2.99. The van der Waals surface area contributed by atoms with Crippen LogP contribution in [0.15, 0.2) is 18.2 Å². The second kappa shape index (κ2) is 5.48. The van der Waals surface area contributed by atoms with E-state index in [-0.39, 0.29) is 29.4 Å². The van der Waals surface area contributed by atoms with E-state index < -0.39 is 5.82 Å². The molecule has 1 atom stereocenters. The molecular formula is C14H20FNO2. The first kappa shape index (κ1) is 14.6. The summed E-state index contributed by atoms with van der Waals surface area (Å²) >= 11 is 0. The molecule has 1 aromatic rings. The second-order valence-corrected chi connectivity index (χ2v) is 5.45. The summed E-state index contributed by atoms with van der Waals surface area (Å²) in [7, 11) is 1.38. The van der Waals surface area contributed by atoms with Crippen LogP contribution in [0.25, 0.3) is 0 Å². The summed E-state index contributed by atoms with van der Waals surface area (Å²) in [6, 6.07) is 3.94. The molecule has 0 amide bonds. The number of ether oxygens (including phenoxy) is 1. The molecule has 0 aliphatic rings. The van der Waals surface area contributed by atoms with Gasteiger partial charge in [-0.1, -0.05) is 20.8 Å². The van der Waals surface area contributed by atoms with E-state index in [4.69, 9.17) is 10.5 Å². The van der Waals surface area contributed by atoms with Crippen LogP contribution in [0.2, 0.25) is 0 Å². The lowest BCUT2D eigenvalue weighted by molar-refractivity contribution is 0.0952. The number of benzene rings is 1. The highest BCUT2D eigenvalue weighted by Crippen LogP contribution is 2.23. The quantitative estimate of drug-likeness (QED) is 0.839. The monoisotopic (exact) mass is 253 g/mol. The first-order valence-electron chi connectivity index (χ1n) is 5.88. The van der Waals surface area contributed by atoms with Crippen molar-refractivity contribution in [3.63, 3.8) is 0 Å². The van der Waals surface area contributed by atoms with Crippen LogP contribution in [0, 0.1) is 11.2 Å². The Morgan fingerprint density at radius 2 is 2.06 bits per heavy atom. The number of nitrogens with two attached hydrogens (primary N) is 1. The topological polar surface area (TPSA) is 52.3 Å². The van der Waals surface area contributed by atoms with Gasteiger partial charge in [-0.15, -0.1) is 0 Å². The summed E-state index contributed by atoms with van der Waals surface area (Å²) < 4.78 is 18.3. The molecule has 0 aliphatic carbocycles. The molecule has 0 fully saturated rings. The van der Waals surface area contributed by atoms with Crippen LogP contribution in [-0.4, -0.2) is 18.9 Å². The number of halogens is 1. The van der Waals surface area contributed by atoms with Crippen molar-refractivity contribution in [3.05, 3.63) is 29.6 Å². The number of methoxy groups -OCH3 is 1. The summed E-state index contributed by atoms with van der Waals surface area (Å²) in [5.74, 6) is -0.557. The van der Waals surface area contributed by atoms with Gasteiger partial charge in [-0.3, -0.25) is 4.79 Å². The van der Waals surface area contributed by atoms with Crippen LogP contribution in [-0.2, 0) is 0 Å². The summed E-state index contributed by atoms with van der Waals surface area (Å²) in [6.07, 6.45) is 0.204. The van der Waals surface area contributed by atoms with Gasteiger partial charge in [0, 0.05) is 18.0 Å². The van der Waals surface area contributed by atoms with Crippen molar-refractivity contribution in [2.24, 2.45) is 11.1 Å². The number of hydrogen-bond donors (Lipinski definition) is 1. The Hall–Kier alpha value is -1.42. The van der Waals surface area contributed by atoms with Crippen molar-refractivity contribution in [2.45, 2.75) is 33.2 Å². The van der Waals surface area contributed by atoms with Crippen LogP contribution >= 0.6 is 0 Å². The molecule has 0 aliphatic heterocycles. The van der Waals surface area contributed by atoms with E-state index in [2.05, 4.69) is 0 Å². The number of carbonyl (C=O) groups excluding carboxylic acids is 1. The highest BCUT2D eigenvalue weighted by molar-refractivity contribution is 5.96. The normalized spacial score (nSPS) is 13.2. The smallest absolute Gasteiger partial charge is 0.165 e. The predicted molar refractivity (Wildman–Crippen MR) is 69.3 cm³/mol.